The number of hydrogen-bond donors (Lipinski definition) is 1. The van der Waals surface area contributed by atoms with Crippen LogP contribution in [0.3, 0.4) is 0 Å². The quantitative estimate of drug-likeness (QED) is 0.432. The predicted molar refractivity (Wildman–Crippen MR) is 122 cm³/mol. The fraction of sp³-hybridized carbons (Fsp3) is 0.200. The molecule has 0 aliphatic carbocycles. The molecule has 0 spiro atoms. The Morgan fingerprint density at radius 2 is 2.03 bits per heavy atom. The highest BCUT2D eigenvalue weighted by molar-refractivity contribution is 5.76. The van der Waals surface area contributed by atoms with E-state index < -0.39 is 5.82 Å². The molecule has 0 saturated carbocycles. The van der Waals surface area contributed by atoms with Crippen molar-refractivity contribution in [3.05, 3.63) is 76.6 Å². The molecule has 0 saturated heterocycles. The van der Waals surface area contributed by atoms with E-state index in [4.69, 9.17) is 10.5 Å². The molecule has 4 aromatic rings. The molecule has 1 aromatic carbocycles. The summed E-state index contributed by atoms with van der Waals surface area (Å²) in [5.74, 6) is 0.236. The third-order valence-corrected chi connectivity index (χ3v) is 5.94. The molecular weight excluding hydrogens is 419 g/mol. The van der Waals surface area contributed by atoms with Crippen LogP contribution in [0.1, 0.15) is 41.1 Å². The summed E-state index contributed by atoms with van der Waals surface area (Å²) in [5.41, 5.74) is 12.5. The average molecular weight is 440 g/mol. The lowest BCUT2D eigenvalue weighted by Gasteiger charge is -2.22. The normalized spacial score (nSPS) is 14.6. The van der Waals surface area contributed by atoms with Gasteiger partial charge in [-0.05, 0) is 31.5 Å². The van der Waals surface area contributed by atoms with Crippen LogP contribution in [0.15, 0.2) is 42.7 Å². The number of nitrogens with zero attached hydrogens (tertiary/aromatic N) is 5. The van der Waals surface area contributed by atoms with Crippen LogP contribution in [-0.2, 0) is 13.5 Å². The van der Waals surface area contributed by atoms with Crippen LogP contribution in [0.2, 0.25) is 0 Å². The monoisotopic (exact) mass is 440 g/mol. The van der Waals surface area contributed by atoms with E-state index in [9.17, 15) is 9.65 Å². The van der Waals surface area contributed by atoms with Gasteiger partial charge in [0.2, 0.25) is 0 Å². The number of nitriles is 1. The smallest absolute Gasteiger partial charge is 0.170 e. The number of hydrogen-bond acceptors (Lipinski definition) is 6. The highest BCUT2D eigenvalue weighted by atomic mass is 19.1. The number of aryl methyl sites for hydroxylation is 2. The lowest BCUT2D eigenvalue weighted by molar-refractivity contribution is 0.228. The average Bonchev–Trinajstić information content (AvgIpc) is 3.10. The van der Waals surface area contributed by atoms with Crippen LogP contribution in [-0.4, -0.2) is 19.7 Å². The number of pyridine rings is 2. The van der Waals surface area contributed by atoms with Gasteiger partial charge in [-0.25, -0.2) is 9.37 Å². The minimum atomic E-state index is -0.431. The molecule has 8 heteroatoms. The molecule has 4 heterocycles. The first-order valence-electron chi connectivity index (χ1n) is 10.5. The molecular formula is C25H21FN6O. The largest absolute Gasteiger partial charge is 0.482 e. The van der Waals surface area contributed by atoms with E-state index >= 15 is 0 Å². The first kappa shape index (κ1) is 20.6. The number of ether oxygens (including phenoxy) is 1. The summed E-state index contributed by atoms with van der Waals surface area (Å²) in [4.78, 5) is 8.78. The number of fused-ring (bicyclic) bond motifs is 7. The summed E-state index contributed by atoms with van der Waals surface area (Å²) in [5, 5.41) is 14.1. The van der Waals surface area contributed by atoms with Gasteiger partial charge < -0.3 is 10.5 Å². The maximum absolute atomic E-state index is 14.4. The van der Waals surface area contributed by atoms with Crippen molar-refractivity contribution in [2.75, 3.05) is 5.73 Å². The molecule has 7 nitrogen and oxygen atoms in total. The Morgan fingerprint density at radius 3 is 2.82 bits per heavy atom. The Labute approximate surface area is 190 Å². The summed E-state index contributed by atoms with van der Waals surface area (Å²) in [6, 6.07) is 11.4. The number of anilines is 1. The third-order valence-electron chi connectivity index (χ3n) is 5.94. The maximum Gasteiger partial charge on any atom is 0.170 e. The van der Waals surface area contributed by atoms with E-state index in [1.54, 1.807) is 24.0 Å². The second kappa shape index (κ2) is 7.71. The molecule has 2 N–H and O–H groups in total. The first-order chi connectivity index (χ1) is 15.9. The summed E-state index contributed by atoms with van der Waals surface area (Å²) in [6.45, 7) is 3.93. The fourth-order valence-corrected chi connectivity index (χ4v) is 4.36. The Kier molecular flexibility index (Phi) is 4.82. The molecule has 0 amide bonds. The topological polar surface area (TPSA) is 103 Å². The zero-order chi connectivity index (χ0) is 23.3. The van der Waals surface area contributed by atoms with Crippen molar-refractivity contribution in [2.24, 2.45) is 7.05 Å². The van der Waals surface area contributed by atoms with Crippen molar-refractivity contribution >= 4 is 5.82 Å². The van der Waals surface area contributed by atoms with Crippen molar-refractivity contribution in [1.82, 2.24) is 19.7 Å². The van der Waals surface area contributed by atoms with Gasteiger partial charge in [0.15, 0.2) is 17.3 Å². The van der Waals surface area contributed by atoms with Crippen molar-refractivity contribution in [2.45, 2.75) is 26.4 Å². The van der Waals surface area contributed by atoms with Gasteiger partial charge in [0, 0.05) is 41.9 Å². The van der Waals surface area contributed by atoms with Gasteiger partial charge in [0.05, 0.1) is 17.6 Å². The van der Waals surface area contributed by atoms with Gasteiger partial charge in [0.25, 0.3) is 0 Å². The van der Waals surface area contributed by atoms with E-state index in [2.05, 4.69) is 21.1 Å². The van der Waals surface area contributed by atoms with Crippen molar-refractivity contribution in [3.63, 3.8) is 0 Å². The van der Waals surface area contributed by atoms with Gasteiger partial charge in [-0.1, -0.05) is 23.8 Å². The molecule has 0 unspecified atom stereocenters. The third kappa shape index (κ3) is 3.48. The van der Waals surface area contributed by atoms with E-state index in [0.29, 0.717) is 34.6 Å². The summed E-state index contributed by atoms with van der Waals surface area (Å²) in [6.07, 6.45) is 2.75. The summed E-state index contributed by atoms with van der Waals surface area (Å²) in [7, 11) is 1.76. The molecule has 3 aromatic heterocycles. The zero-order valence-electron chi connectivity index (χ0n) is 18.4. The van der Waals surface area contributed by atoms with Crippen LogP contribution in [0.25, 0.3) is 22.4 Å². The highest BCUT2D eigenvalue weighted by Gasteiger charge is 2.25. The molecule has 5 rings (SSSR count). The molecule has 1 aliphatic heterocycles. The minimum absolute atomic E-state index is 0.247. The van der Waals surface area contributed by atoms with Crippen LogP contribution in [0, 0.1) is 24.1 Å². The van der Waals surface area contributed by atoms with Crippen LogP contribution < -0.4 is 10.5 Å². The Hall–Kier alpha value is -4.25. The van der Waals surface area contributed by atoms with Gasteiger partial charge in [-0.3, -0.25) is 9.67 Å². The molecule has 1 aliphatic rings. The Balaban J connectivity index is 1.87. The van der Waals surface area contributed by atoms with Crippen molar-refractivity contribution in [3.8, 4) is 34.2 Å². The molecule has 0 fully saturated rings. The molecule has 0 radical (unpaired) electrons. The Bertz CT molecular complexity index is 1450. The lowest BCUT2D eigenvalue weighted by atomic mass is 9.92. The van der Waals surface area contributed by atoms with E-state index in [-0.39, 0.29) is 17.6 Å². The van der Waals surface area contributed by atoms with Crippen LogP contribution in [0.4, 0.5) is 10.2 Å². The zero-order valence-corrected chi connectivity index (χ0v) is 18.4. The molecule has 33 heavy (non-hydrogen) atoms. The molecule has 164 valence electrons. The van der Waals surface area contributed by atoms with E-state index in [1.165, 1.54) is 12.3 Å². The number of benzene rings is 1. The van der Waals surface area contributed by atoms with Gasteiger partial charge in [0.1, 0.15) is 18.0 Å². The van der Waals surface area contributed by atoms with Crippen molar-refractivity contribution in [1.29, 1.82) is 5.26 Å². The fourth-order valence-electron chi connectivity index (χ4n) is 4.36. The van der Waals surface area contributed by atoms with Gasteiger partial charge in [-0.15, -0.1) is 0 Å². The standard InChI is InChI=1S/C25H21FN6O/c1-13-4-5-18-19(6-13)14(2)33-22-9-16(11-30-25(22)28)23-20(10-27)31-32(3)21(23)8-15-7-17(26)12-29-24(15)18/h4-7,9,11-12,14H,8H2,1-3H3,(H2,28,30)/t14-/m1/s1. The second-order valence-corrected chi connectivity index (χ2v) is 8.20. The first-order valence-corrected chi connectivity index (χ1v) is 10.5. The number of aromatic nitrogens is 4. The van der Waals surface area contributed by atoms with E-state index in [1.807, 2.05) is 32.0 Å². The summed E-state index contributed by atoms with van der Waals surface area (Å²) < 4.78 is 22.3. The number of nitrogen functional groups attached to an aromatic ring is 1. The highest BCUT2D eigenvalue weighted by Crippen LogP contribution is 2.39. The number of halogens is 1. The predicted octanol–water partition coefficient (Wildman–Crippen LogP) is 4.49. The maximum atomic E-state index is 14.4. The van der Waals surface area contributed by atoms with Gasteiger partial charge in [-0.2, -0.15) is 10.4 Å². The van der Waals surface area contributed by atoms with Crippen LogP contribution >= 0.6 is 0 Å². The van der Waals surface area contributed by atoms with Crippen molar-refractivity contribution < 1.29 is 9.13 Å². The van der Waals surface area contributed by atoms with Crippen LogP contribution in [0.5, 0.6) is 5.75 Å². The number of nitrogens with two attached hydrogens (primary N) is 1. The summed E-state index contributed by atoms with van der Waals surface area (Å²) >= 11 is 0. The molecule has 1 atom stereocenters. The minimum Gasteiger partial charge on any atom is -0.482 e. The second-order valence-electron chi connectivity index (χ2n) is 8.20. The SMILES string of the molecule is Cc1ccc2c(c1)[C@@H](C)Oc1cc(cnc1N)-c1c(C#N)nn(C)c1Cc1cc(F)cnc1-2. The lowest BCUT2D eigenvalue weighted by Crippen LogP contribution is -2.10. The van der Waals surface area contributed by atoms with Gasteiger partial charge >= 0.3 is 0 Å². The Morgan fingerprint density at radius 1 is 1.21 bits per heavy atom. The van der Waals surface area contributed by atoms with E-state index in [0.717, 1.165) is 22.4 Å². The number of rotatable bonds is 0. The molecule has 2 bridgehead atoms.